The molecule has 0 fully saturated rings. The Morgan fingerprint density at radius 2 is 2.42 bits per heavy atom. The van der Waals surface area contributed by atoms with E-state index in [9.17, 15) is 4.79 Å². The van der Waals surface area contributed by atoms with E-state index in [-0.39, 0.29) is 5.56 Å². The number of halogens is 2. The molecule has 0 N–H and O–H groups in total. The van der Waals surface area contributed by atoms with Crippen molar-refractivity contribution in [3.05, 3.63) is 28.0 Å². The van der Waals surface area contributed by atoms with Gasteiger partial charge in [-0.25, -0.2) is 4.98 Å². The number of hydrogen-bond acceptors (Lipinski definition) is 3. The second-order valence-corrected chi connectivity index (χ2v) is 3.04. The maximum atomic E-state index is 10.7. The number of aromatic nitrogens is 1. The molecule has 0 radical (unpaired) electrons. The molecule has 0 amide bonds. The molecule has 12 heavy (non-hydrogen) atoms. The Balaban J connectivity index is 3.28. The molecule has 0 saturated carbocycles. The lowest BCUT2D eigenvalue weighted by atomic mass is 10.2. The number of carbonyl (C=O) groups excluding carboxylic acids is 1. The summed E-state index contributed by atoms with van der Waals surface area (Å²) < 4.78 is 0.349. The monoisotopic (exact) mass is 244 g/mol. The molecule has 0 aliphatic heterocycles. The molecule has 0 atom stereocenters. The molecule has 1 heterocycles. The van der Waals surface area contributed by atoms with Crippen LogP contribution < -0.4 is 0 Å². The zero-order valence-corrected chi connectivity index (χ0v) is 8.06. The molecular formula is C7H2BrClN2O. The second kappa shape index (κ2) is 3.65. The molecule has 0 spiro atoms. The lowest BCUT2D eigenvalue weighted by molar-refractivity contribution is 0.108. The van der Waals surface area contributed by atoms with Crippen LogP contribution >= 0.6 is 27.5 Å². The van der Waals surface area contributed by atoms with Crippen molar-refractivity contribution < 1.29 is 4.79 Å². The van der Waals surface area contributed by atoms with Gasteiger partial charge in [-0.1, -0.05) is 0 Å². The zero-order valence-electron chi connectivity index (χ0n) is 5.71. The summed E-state index contributed by atoms with van der Waals surface area (Å²) in [7, 11) is 0. The molecule has 1 rings (SSSR count). The summed E-state index contributed by atoms with van der Waals surface area (Å²) in [5.74, 6) is 0. The predicted octanol–water partition coefficient (Wildman–Crippen LogP) is 2.09. The first-order valence-electron chi connectivity index (χ1n) is 2.90. The van der Waals surface area contributed by atoms with Gasteiger partial charge in [0.15, 0.2) is 0 Å². The van der Waals surface area contributed by atoms with Gasteiger partial charge < -0.3 is 0 Å². The van der Waals surface area contributed by atoms with Crippen molar-refractivity contribution in [1.29, 1.82) is 5.26 Å². The molecule has 0 unspecified atom stereocenters. The van der Waals surface area contributed by atoms with Crippen LogP contribution in [0.4, 0.5) is 0 Å². The fourth-order valence-corrected chi connectivity index (χ4v) is 1.30. The SMILES string of the molecule is N#Cc1cnc(Br)c(C(=O)Cl)c1. The minimum Gasteiger partial charge on any atom is -0.276 e. The molecular weight excluding hydrogens is 243 g/mol. The van der Waals surface area contributed by atoms with Crippen molar-refractivity contribution >= 4 is 32.8 Å². The van der Waals surface area contributed by atoms with E-state index in [1.807, 2.05) is 6.07 Å². The summed E-state index contributed by atoms with van der Waals surface area (Å²) in [5, 5.41) is 7.84. The van der Waals surface area contributed by atoms with Gasteiger partial charge in [0.05, 0.1) is 11.1 Å². The van der Waals surface area contributed by atoms with Crippen molar-refractivity contribution in [3.8, 4) is 6.07 Å². The first kappa shape index (κ1) is 9.17. The topological polar surface area (TPSA) is 53.8 Å². The average Bonchev–Trinajstić information content (AvgIpc) is 2.05. The maximum absolute atomic E-state index is 10.7. The largest absolute Gasteiger partial charge is 0.276 e. The number of rotatable bonds is 1. The standard InChI is InChI=1S/C7H2BrClN2O/c8-6-5(7(9)12)1-4(2-10)3-11-6/h1,3H. The van der Waals surface area contributed by atoms with Crippen LogP contribution in [0.2, 0.25) is 0 Å². The maximum Gasteiger partial charge on any atom is 0.255 e. The second-order valence-electron chi connectivity index (χ2n) is 1.95. The highest BCUT2D eigenvalue weighted by Crippen LogP contribution is 2.16. The lowest BCUT2D eigenvalue weighted by Gasteiger charge is -1.96. The van der Waals surface area contributed by atoms with Crippen LogP contribution in [0.1, 0.15) is 15.9 Å². The number of hydrogen-bond donors (Lipinski definition) is 0. The summed E-state index contributed by atoms with van der Waals surface area (Å²) in [6.07, 6.45) is 1.35. The van der Waals surface area contributed by atoms with Crippen LogP contribution in [-0.2, 0) is 0 Å². The quantitative estimate of drug-likeness (QED) is 0.562. The number of carbonyl (C=O) groups is 1. The predicted molar refractivity (Wildman–Crippen MR) is 46.8 cm³/mol. The van der Waals surface area contributed by atoms with Crippen LogP contribution in [0.3, 0.4) is 0 Å². The fraction of sp³-hybridized carbons (Fsp3) is 0. The summed E-state index contributed by atoms with van der Waals surface area (Å²) in [5.41, 5.74) is 0.512. The highest BCUT2D eigenvalue weighted by atomic mass is 79.9. The minimum absolute atomic E-state index is 0.204. The van der Waals surface area contributed by atoms with Gasteiger partial charge in [-0.15, -0.1) is 0 Å². The normalized spacial score (nSPS) is 9.08. The van der Waals surface area contributed by atoms with Crippen molar-refractivity contribution in [1.82, 2.24) is 4.98 Å². The van der Waals surface area contributed by atoms with E-state index in [4.69, 9.17) is 16.9 Å². The van der Waals surface area contributed by atoms with E-state index in [1.165, 1.54) is 12.3 Å². The van der Waals surface area contributed by atoms with Crippen LogP contribution in [0.25, 0.3) is 0 Å². The molecule has 0 aliphatic rings. The molecule has 3 nitrogen and oxygen atoms in total. The summed E-state index contributed by atoms with van der Waals surface area (Å²) in [6, 6.07) is 3.24. The van der Waals surface area contributed by atoms with Crippen molar-refractivity contribution in [2.45, 2.75) is 0 Å². The molecule has 5 heteroatoms. The Morgan fingerprint density at radius 3 is 2.92 bits per heavy atom. The van der Waals surface area contributed by atoms with Gasteiger partial charge in [-0.05, 0) is 33.6 Å². The average molecular weight is 245 g/mol. The Hall–Kier alpha value is -0.920. The van der Waals surface area contributed by atoms with E-state index in [0.717, 1.165) is 0 Å². The van der Waals surface area contributed by atoms with E-state index in [2.05, 4.69) is 20.9 Å². The first-order chi connectivity index (χ1) is 5.65. The molecule has 1 aromatic rings. The molecule has 1 aromatic heterocycles. The lowest BCUT2D eigenvalue weighted by Crippen LogP contribution is -1.94. The van der Waals surface area contributed by atoms with E-state index < -0.39 is 5.24 Å². The summed E-state index contributed by atoms with van der Waals surface area (Å²) in [4.78, 5) is 14.5. The van der Waals surface area contributed by atoms with Crippen LogP contribution in [0, 0.1) is 11.3 Å². The minimum atomic E-state index is -0.633. The highest BCUT2D eigenvalue weighted by Gasteiger charge is 2.08. The third-order valence-electron chi connectivity index (χ3n) is 1.18. The summed E-state index contributed by atoms with van der Waals surface area (Å²) >= 11 is 8.25. The fourth-order valence-electron chi connectivity index (χ4n) is 0.647. The summed E-state index contributed by atoms with van der Waals surface area (Å²) in [6.45, 7) is 0. The molecule has 0 bridgehead atoms. The van der Waals surface area contributed by atoms with Crippen LogP contribution in [0.5, 0.6) is 0 Å². The first-order valence-corrected chi connectivity index (χ1v) is 4.07. The van der Waals surface area contributed by atoms with Crippen molar-refractivity contribution in [3.63, 3.8) is 0 Å². The van der Waals surface area contributed by atoms with Gasteiger partial charge >= 0.3 is 0 Å². The van der Waals surface area contributed by atoms with E-state index >= 15 is 0 Å². The Morgan fingerprint density at radius 1 is 1.75 bits per heavy atom. The van der Waals surface area contributed by atoms with Gasteiger partial charge in [0.1, 0.15) is 10.7 Å². The number of nitrogens with zero attached hydrogens (tertiary/aromatic N) is 2. The third-order valence-corrected chi connectivity index (χ3v) is 2.02. The van der Waals surface area contributed by atoms with Gasteiger partial charge in [-0.2, -0.15) is 5.26 Å². The van der Waals surface area contributed by atoms with Crippen molar-refractivity contribution in [2.24, 2.45) is 0 Å². The van der Waals surface area contributed by atoms with Crippen LogP contribution in [-0.4, -0.2) is 10.2 Å². The van der Waals surface area contributed by atoms with E-state index in [0.29, 0.717) is 10.2 Å². The van der Waals surface area contributed by atoms with Gasteiger partial charge in [-0.3, -0.25) is 4.79 Å². The molecule has 0 aromatic carbocycles. The van der Waals surface area contributed by atoms with Gasteiger partial charge in [0.25, 0.3) is 5.24 Å². The Labute approximate surface area is 82.1 Å². The molecule has 0 aliphatic carbocycles. The van der Waals surface area contributed by atoms with E-state index in [1.54, 1.807) is 0 Å². The number of pyridine rings is 1. The van der Waals surface area contributed by atoms with Gasteiger partial charge in [0, 0.05) is 6.20 Å². The number of nitriles is 1. The zero-order chi connectivity index (χ0) is 9.14. The van der Waals surface area contributed by atoms with Crippen molar-refractivity contribution in [2.75, 3.05) is 0 Å². The highest BCUT2D eigenvalue weighted by molar-refractivity contribution is 9.10. The third kappa shape index (κ3) is 1.81. The van der Waals surface area contributed by atoms with Gasteiger partial charge in [0.2, 0.25) is 0 Å². The molecule has 0 saturated heterocycles. The molecule has 60 valence electrons. The van der Waals surface area contributed by atoms with Crippen LogP contribution in [0.15, 0.2) is 16.9 Å². The Bertz CT molecular complexity index is 372. The Kier molecular flexibility index (Phi) is 2.79. The smallest absolute Gasteiger partial charge is 0.255 e.